The number of hydrogen-bond acceptors (Lipinski definition) is 3. The summed E-state index contributed by atoms with van der Waals surface area (Å²) in [6, 6.07) is 0. The topological polar surface area (TPSA) is 55.1 Å². The van der Waals surface area contributed by atoms with E-state index in [1.165, 1.54) is 0 Å². The summed E-state index contributed by atoms with van der Waals surface area (Å²) < 4.78 is 1.77. The van der Waals surface area contributed by atoms with Crippen molar-refractivity contribution in [1.82, 2.24) is 9.78 Å². The summed E-state index contributed by atoms with van der Waals surface area (Å²) in [7, 11) is 0. The van der Waals surface area contributed by atoms with Crippen LogP contribution in [0.15, 0.2) is 12.4 Å². The fourth-order valence-corrected chi connectivity index (χ4v) is 1.24. The highest BCUT2D eigenvalue weighted by molar-refractivity contribution is 5.95. The van der Waals surface area contributed by atoms with Crippen LogP contribution >= 0.6 is 0 Å². The summed E-state index contributed by atoms with van der Waals surface area (Å²) in [5.74, 6) is 0.0569. The molecule has 1 heterocycles. The molecule has 1 rings (SSSR count). The van der Waals surface area contributed by atoms with Gasteiger partial charge in [-0.1, -0.05) is 6.92 Å². The van der Waals surface area contributed by atoms with Crippen molar-refractivity contribution in [2.75, 3.05) is 6.61 Å². The zero-order chi connectivity index (χ0) is 10.4. The minimum atomic E-state index is 0.0569. The first-order valence-electron chi connectivity index (χ1n) is 4.94. The van der Waals surface area contributed by atoms with Crippen LogP contribution in [-0.2, 0) is 6.54 Å². The number of aliphatic hydroxyl groups excluding tert-OH is 1. The number of Topliss-reactive ketones (excluding diaryl/α,β-unsaturated/α-hetero) is 1. The van der Waals surface area contributed by atoms with Crippen LogP contribution < -0.4 is 0 Å². The van der Waals surface area contributed by atoms with Crippen molar-refractivity contribution >= 4 is 5.78 Å². The van der Waals surface area contributed by atoms with Gasteiger partial charge < -0.3 is 5.11 Å². The number of aromatic nitrogens is 2. The first kappa shape index (κ1) is 10.9. The van der Waals surface area contributed by atoms with Gasteiger partial charge in [0, 0.05) is 25.8 Å². The van der Waals surface area contributed by atoms with E-state index in [0.717, 1.165) is 13.0 Å². The average Bonchev–Trinajstić information content (AvgIpc) is 2.63. The standard InChI is InChI=1S/C10H16N2O2/c1-2-5-12-8-9(7-11-12)10(14)4-3-6-13/h7-8,13H,2-6H2,1H3. The molecule has 0 aliphatic heterocycles. The first-order chi connectivity index (χ1) is 6.77. The largest absolute Gasteiger partial charge is 0.396 e. The number of aryl methyl sites for hydroxylation is 1. The van der Waals surface area contributed by atoms with Crippen LogP contribution in [0.4, 0.5) is 0 Å². The van der Waals surface area contributed by atoms with E-state index in [1.54, 1.807) is 17.1 Å². The van der Waals surface area contributed by atoms with Crippen LogP contribution in [0.5, 0.6) is 0 Å². The highest BCUT2D eigenvalue weighted by atomic mass is 16.3. The Morgan fingerprint density at radius 3 is 3.07 bits per heavy atom. The molecule has 0 unspecified atom stereocenters. The van der Waals surface area contributed by atoms with Crippen LogP contribution in [-0.4, -0.2) is 27.3 Å². The highest BCUT2D eigenvalue weighted by Gasteiger charge is 2.07. The number of hydrogen-bond donors (Lipinski definition) is 1. The maximum absolute atomic E-state index is 11.5. The lowest BCUT2D eigenvalue weighted by molar-refractivity contribution is 0.0971. The molecule has 1 aromatic rings. The molecule has 78 valence electrons. The van der Waals surface area contributed by atoms with E-state index in [-0.39, 0.29) is 12.4 Å². The molecule has 1 N–H and O–H groups in total. The Labute approximate surface area is 83.5 Å². The van der Waals surface area contributed by atoms with Crippen LogP contribution in [0.25, 0.3) is 0 Å². The molecule has 4 heteroatoms. The van der Waals surface area contributed by atoms with E-state index < -0.39 is 0 Å². The Balaban J connectivity index is 2.53. The van der Waals surface area contributed by atoms with Crippen molar-refractivity contribution in [3.05, 3.63) is 18.0 Å². The Morgan fingerprint density at radius 2 is 2.43 bits per heavy atom. The SMILES string of the molecule is CCCn1cc(C(=O)CCCO)cn1. The number of carbonyl (C=O) groups is 1. The Kier molecular flexibility index (Phi) is 4.32. The van der Waals surface area contributed by atoms with Gasteiger partial charge in [0.1, 0.15) is 0 Å². The molecule has 0 amide bonds. The zero-order valence-electron chi connectivity index (χ0n) is 8.44. The second-order valence-electron chi connectivity index (χ2n) is 3.24. The van der Waals surface area contributed by atoms with Crippen molar-refractivity contribution in [3.63, 3.8) is 0 Å². The highest BCUT2D eigenvalue weighted by Crippen LogP contribution is 2.04. The first-order valence-corrected chi connectivity index (χ1v) is 4.94. The number of rotatable bonds is 6. The molecule has 0 radical (unpaired) electrons. The van der Waals surface area contributed by atoms with Crippen molar-refractivity contribution in [2.45, 2.75) is 32.7 Å². The normalized spacial score (nSPS) is 10.4. The third-order valence-corrected chi connectivity index (χ3v) is 1.97. The van der Waals surface area contributed by atoms with Gasteiger partial charge in [-0.05, 0) is 12.8 Å². The van der Waals surface area contributed by atoms with Crippen molar-refractivity contribution in [1.29, 1.82) is 0 Å². The fourth-order valence-electron chi connectivity index (χ4n) is 1.24. The van der Waals surface area contributed by atoms with Gasteiger partial charge in [-0.25, -0.2) is 0 Å². The van der Waals surface area contributed by atoms with Gasteiger partial charge in [-0.15, -0.1) is 0 Å². The molecular weight excluding hydrogens is 180 g/mol. The number of carbonyl (C=O) groups excluding carboxylic acids is 1. The smallest absolute Gasteiger partial charge is 0.166 e. The van der Waals surface area contributed by atoms with E-state index >= 15 is 0 Å². The summed E-state index contributed by atoms with van der Waals surface area (Å²) in [6.07, 6.45) is 5.29. The second kappa shape index (κ2) is 5.54. The van der Waals surface area contributed by atoms with E-state index in [0.29, 0.717) is 18.4 Å². The molecule has 0 bridgehead atoms. The second-order valence-corrected chi connectivity index (χ2v) is 3.24. The monoisotopic (exact) mass is 196 g/mol. The molecule has 0 saturated carbocycles. The quantitative estimate of drug-likeness (QED) is 0.696. The van der Waals surface area contributed by atoms with Crippen molar-refractivity contribution in [2.24, 2.45) is 0 Å². The molecule has 4 nitrogen and oxygen atoms in total. The predicted molar refractivity (Wildman–Crippen MR) is 53.2 cm³/mol. The molecule has 0 aliphatic rings. The predicted octanol–water partition coefficient (Wildman–Crippen LogP) is 1.25. The maximum Gasteiger partial charge on any atom is 0.166 e. The third kappa shape index (κ3) is 2.96. The lowest BCUT2D eigenvalue weighted by atomic mass is 10.1. The van der Waals surface area contributed by atoms with Gasteiger partial charge >= 0.3 is 0 Å². The van der Waals surface area contributed by atoms with Gasteiger partial charge in [-0.3, -0.25) is 9.48 Å². The summed E-state index contributed by atoms with van der Waals surface area (Å²) in [6.45, 7) is 2.97. The molecule has 0 aliphatic carbocycles. The number of aliphatic hydroxyl groups is 1. The molecule has 0 fully saturated rings. The van der Waals surface area contributed by atoms with Crippen LogP contribution in [0.2, 0.25) is 0 Å². The summed E-state index contributed by atoms with van der Waals surface area (Å²) in [5, 5.41) is 12.6. The summed E-state index contributed by atoms with van der Waals surface area (Å²) in [4.78, 5) is 11.5. The van der Waals surface area contributed by atoms with Gasteiger partial charge in [0.2, 0.25) is 0 Å². The van der Waals surface area contributed by atoms with Crippen molar-refractivity contribution < 1.29 is 9.90 Å². The number of ketones is 1. The average molecular weight is 196 g/mol. The van der Waals surface area contributed by atoms with Gasteiger partial charge in [0.15, 0.2) is 5.78 Å². The lowest BCUT2D eigenvalue weighted by Gasteiger charge is -1.96. The minimum absolute atomic E-state index is 0.0569. The zero-order valence-corrected chi connectivity index (χ0v) is 8.44. The third-order valence-electron chi connectivity index (χ3n) is 1.97. The Morgan fingerprint density at radius 1 is 1.64 bits per heavy atom. The maximum atomic E-state index is 11.5. The minimum Gasteiger partial charge on any atom is -0.396 e. The lowest BCUT2D eigenvalue weighted by Crippen LogP contribution is -1.99. The van der Waals surface area contributed by atoms with E-state index in [4.69, 9.17) is 5.11 Å². The summed E-state index contributed by atoms with van der Waals surface area (Å²) in [5.41, 5.74) is 0.645. The molecule has 0 spiro atoms. The Bertz CT molecular complexity index is 294. The van der Waals surface area contributed by atoms with Crippen LogP contribution in [0, 0.1) is 0 Å². The van der Waals surface area contributed by atoms with E-state index in [9.17, 15) is 4.79 Å². The van der Waals surface area contributed by atoms with Crippen LogP contribution in [0.3, 0.4) is 0 Å². The fraction of sp³-hybridized carbons (Fsp3) is 0.600. The molecule has 1 aromatic heterocycles. The van der Waals surface area contributed by atoms with Gasteiger partial charge in [0.05, 0.1) is 11.8 Å². The summed E-state index contributed by atoms with van der Waals surface area (Å²) >= 11 is 0. The van der Waals surface area contributed by atoms with Crippen molar-refractivity contribution in [3.8, 4) is 0 Å². The van der Waals surface area contributed by atoms with Gasteiger partial charge in [0.25, 0.3) is 0 Å². The van der Waals surface area contributed by atoms with Crippen LogP contribution in [0.1, 0.15) is 36.5 Å². The van der Waals surface area contributed by atoms with Gasteiger partial charge in [-0.2, -0.15) is 5.10 Å². The molecule has 14 heavy (non-hydrogen) atoms. The molecule has 0 atom stereocenters. The van der Waals surface area contributed by atoms with E-state index in [1.807, 2.05) is 0 Å². The molecular formula is C10H16N2O2. The Hall–Kier alpha value is -1.16. The molecule has 0 saturated heterocycles. The number of nitrogens with zero attached hydrogens (tertiary/aromatic N) is 2. The molecule has 0 aromatic carbocycles. The van der Waals surface area contributed by atoms with E-state index in [2.05, 4.69) is 12.0 Å².